The second-order valence-corrected chi connectivity index (χ2v) is 4.17. The van der Waals surface area contributed by atoms with Gasteiger partial charge in [-0.25, -0.2) is 0 Å². The minimum atomic E-state index is -0.444. The van der Waals surface area contributed by atoms with Gasteiger partial charge < -0.3 is 15.5 Å². The first-order valence-electron chi connectivity index (χ1n) is 5.76. The molecule has 0 atom stereocenters. The molecule has 0 aliphatic rings. The lowest BCUT2D eigenvalue weighted by Crippen LogP contribution is -2.13. The fourth-order valence-electron chi connectivity index (χ4n) is 1.70. The van der Waals surface area contributed by atoms with Gasteiger partial charge in [0.1, 0.15) is 5.75 Å². The highest BCUT2D eigenvalue weighted by atomic mass is 16.3. The van der Waals surface area contributed by atoms with Crippen molar-refractivity contribution in [3.05, 3.63) is 53.3 Å². The maximum Gasteiger partial charge on any atom is 0.259 e. The molecule has 0 fully saturated rings. The number of aliphatic hydroxyl groups is 1. The molecule has 98 valence electrons. The second-order valence-electron chi connectivity index (χ2n) is 4.17. The summed E-state index contributed by atoms with van der Waals surface area (Å²) in [7, 11) is 0. The van der Waals surface area contributed by atoms with Gasteiger partial charge in [-0.05, 0) is 30.7 Å². The van der Waals surface area contributed by atoms with Crippen molar-refractivity contribution in [2.24, 2.45) is 0 Å². The number of carbonyl (C=O) groups is 1. The van der Waals surface area contributed by atoms with Crippen molar-refractivity contribution >= 4 is 11.6 Å². The van der Waals surface area contributed by atoms with E-state index in [1.54, 1.807) is 18.2 Å². The summed E-state index contributed by atoms with van der Waals surface area (Å²) in [6.45, 7) is 1.63. The van der Waals surface area contributed by atoms with Crippen LogP contribution in [0.2, 0.25) is 0 Å². The summed E-state index contributed by atoms with van der Waals surface area (Å²) in [4.78, 5) is 15.9. The number of benzene rings is 1. The van der Waals surface area contributed by atoms with Crippen molar-refractivity contribution in [2.75, 3.05) is 5.32 Å². The standard InChI is InChI=1S/C14H14N2O3/c1-9-2-3-11(13(18)6-9)14(19)16-12-7-15-5-4-10(12)8-17/h2-7,17-18H,8H2,1H3,(H,16,19). The van der Waals surface area contributed by atoms with E-state index in [-0.39, 0.29) is 17.9 Å². The van der Waals surface area contributed by atoms with Gasteiger partial charge in [-0.1, -0.05) is 6.07 Å². The molecule has 19 heavy (non-hydrogen) atoms. The molecule has 2 rings (SSSR count). The van der Waals surface area contributed by atoms with Gasteiger partial charge in [0.2, 0.25) is 0 Å². The van der Waals surface area contributed by atoms with Crippen LogP contribution in [-0.2, 0) is 6.61 Å². The van der Waals surface area contributed by atoms with Crippen molar-refractivity contribution < 1.29 is 15.0 Å². The molecule has 0 spiro atoms. The third-order valence-corrected chi connectivity index (χ3v) is 2.73. The zero-order valence-corrected chi connectivity index (χ0v) is 10.4. The smallest absolute Gasteiger partial charge is 0.259 e. The van der Waals surface area contributed by atoms with Crippen LogP contribution in [0, 0.1) is 6.92 Å². The maximum absolute atomic E-state index is 12.0. The number of nitrogens with one attached hydrogen (secondary N) is 1. The summed E-state index contributed by atoms with van der Waals surface area (Å²) >= 11 is 0. The zero-order valence-electron chi connectivity index (χ0n) is 10.4. The van der Waals surface area contributed by atoms with Crippen LogP contribution in [0.5, 0.6) is 5.75 Å². The van der Waals surface area contributed by atoms with E-state index >= 15 is 0 Å². The fourth-order valence-corrected chi connectivity index (χ4v) is 1.70. The Kier molecular flexibility index (Phi) is 3.77. The summed E-state index contributed by atoms with van der Waals surface area (Å²) < 4.78 is 0. The number of pyridine rings is 1. The molecule has 0 saturated heterocycles. The maximum atomic E-state index is 12.0. The van der Waals surface area contributed by atoms with Crippen molar-refractivity contribution in [1.29, 1.82) is 0 Å². The number of nitrogens with zero attached hydrogens (tertiary/aromatic N) is 1. The molecule has 0 bridgehead atoms. The van der Waals surface area contributed by atoms with Crippen LogP contribution < -0.4 is 5.32 Å². The molecule has 3 N–H and O–H groups in total. The number of aromatic hydroxyl groups is 1. The number of phenolic OH excluding ortho intramolecular Hbond substituents is 1. The lowest BCUT2D eigenvalue weighted by Gasteiger charge is -2.10. The summed E-state index contributed by atoms with van der Waals surface area (Å²) in [5.74, 6) is -0.521. The molecular formula is C14H14N2O3. The van der Waals surface area contributed by atoms with E-state index in [9.17, 15) is 9.90 Å². The number of hydrogen-bond donors (Lipinski definition) is 3. The Labute approximate surface area is 110 Å². The Bertz CT molecular complexity index is 611. The first-order valence-corrected chi connectivity index (χ1v) is 5.76. The Balaban J connectivity index is 2.26. The normalized spacial score (nSPS) is 10.2. The van der Waals surface area contributed by atoms with Crippen LogP contribution in [0.4, 0.5) is 5.69 Å². The number of phenols is 1. The van der Waals surface area contributed by atoms with Gasteiger partial charge in [-0.15, -0.1) is 0 Å². The van der Waals surface area contributed by atoms with Crippen LogP contribution in [0.1, 0.15) is 21.5 Å². The molecule has 0 saturated carbocycles. The summed E-state index contributed by atoms with van der Waals surface area (Å²) in [5.41, 5.74) is 2.04. The third kappa shape index (κ3) is 2.89. The highest BCUT2D eigenvalue weighted by Crippen LogP contribution is 2.21. The molecule has 2 aromatic rings. The van der Waals surface area contributed by atoms with E-state index in [2.05, 4.69) is 10.3 Å². The number of amides is 1. The lowest BCUT2D eigenvalue weighted by molar-refractivity contribution is 0.102. The number of anilines is 1. The lowest BCUT2D eigenvalue weighted by atomic mass is 10.1. The van der Waals surface area contributed by atoms with Gasteiger partial charge in [-0.3, -0.25) is 9.78 Å². The highest BCUT2D eigenvalue weighted by molar-refractivity contribution is 6.06. The molecule has 5 nitrogen and oxygen atoms in total. The van der Waals surface area contributed by atoms with E-state index in [0.717, 1.165) is 5.56 Å². The summed E-state index contributed by atoms with van der Waals surface area (Å²) in [6.07, 6.45) is 2.99. The summed E-state index contributed by atoms with van der Waals surface area (Å²) in [6, 6.07) is 6.43. The molecule has 0 radical (unpaired) electrons. The molecular weight excluding hydrogens is 244 g/mol. The molecule has 0 aliphatic heterocycles. The predicted octanol–water partition coefficient (Wildman–Crippen LogP) is 1.84. The Morgan fingerprint density at radius 2 is 2.16 bits per heavy atom. The van der Waals surface area contributed by atoms with Gasteiger partial charge in [0.05, 0.1) is 24.1 Å². The van der Waals surface area contributed by atoms with E-state index in [1.165, 1.54) is 18.5 Å². The van der Waals surface area contributed by atoms with Gasteiger partial charge in [0.15, 0.2) is 0 Å². The molecule has 1 aromatic carbocycles. The monoisotopic (exact) mass is 258 g/mol. The van der Waals surface area contributed by atoms with Gasteiger partial charge in [-0.2, -0.15) is 0 Å². The number of carbonyl (C=O) groups excluding carboxylic acids is 1. The summed E-state index contributed by atoms with van der Waals surface area (Å²) in [5, 5.41) is 21.5. The minimum absolute atomic E-state index is 0.0769. The molecule has 0 aliphatic carbocycles. The van der Waals surface area contributed by atoms with Crippen molar-refractivity contribution in [3.8, 4) is 5.75 Å². The number of hydrogen-bond acceptors (Lipinski definition) is 4. The third-order valence-electron chi connectivity index (χ3n) is 2.73. The average Bonchev–Trinajstić information content (AvgIpc) is 2.39. The molecule has 1 heterocycles. The van der Waals surface area contributed by atoms with Crippen molar-refractivity contribution in [2.45, 2.75) is 13.5 Å². The highest BCUT2D eigenvalue weighted by Gasteiger charge is 2.12. The van der Waals surface area contributed by atoms with E-state index in [4.69, 9.17) is 5.11 Å². The van der Waals surface area contributed by atoms with E-state index < -0.39 is 5.91 Å². The number of rotatable bonds is 3. The quantitative estimate of drug-likeness (QED) is 0.784. The topological polar surface area (TPSA) is 82.5 Å². The fraction of sp³-hybridized carbons (Fsp3) is 0.143. The Morgan fingerprint density at radius 3 is 2.84 bits per heavy atom. The van der Waals surface area contributed by atoms with Gasteiger partial charge >= 0.3 is 0 Å². The number of aromatic nitrogens is 1. The second kappa shape index (κ2) is 5.49. The zero-order chi connectivity index (χ0) is 13.8. The van der Waals surface area contributed by atoms with Crippen LogP contribution in [0.15, 0.2) is 36.7 Å². The number of aryl methyl sites for hydroxylation is 1. The Morgan fingerprint density at radius 1 is 1.37 bits per heavy atom. The SMILES string of the molecule is Cc1ccc(C(=O)Nc2cnccc2CO)c(O)c1. The minimum Gasteiger partial charge on any atom is -0.507 e. The predicted molar refractivity (Wildman–Crippen MR) is 71.0 cm³/mol. The van der Waals surface area contributed by atoms with Crippen LogP contribution in [0.3, 0.4) is 0 Å². The largest absolute Gasteiger partial charge is 0.507 e. The molecule has 1 aromatic heterocycles. The van der Waals surface area contributed by atoms with E-state index in [0.29, 0.717) is 11.3 Å². The van der Waals surface area contributed by atoms with E-state index in [1.807, 2.05) is 6.92 Å². The molecule has 0 unspecified atom stereocenters. The number of aliphatic hydroxyl groups excluding tert-OH is 1. The first-order chi connectivity index (χ1) is 9.11. The average molecular weight is 258 g/mol. The molecule has 1 amide bonds. The van der Waals surface area contributed by atoms with Crippen molar-refractivity contribution in [3.63, 3.8) is 0 Å². The first kappa shape index (κ1) is 13.0. The molecule has 5 heteroatoms. The van der Waals surface area contributed by atoms with Crippen molar-refractivity contribution in [1.82, 2.24) is 4.98 Å². The van der Waals surface area contributed by atoms with Gasteiger partial charge in [0.25, 0.3) is 5.91 Å². The van der Waals surface area contributed by atoms with Crippen LogP contribution in [0.25, 0.3) is 0 Å². The van der Waals surface area contributed by atoms with Gasteiger partial charge in [0, 0.05) is 11.8 Å². The Hall–Kier alpha value is -2.40. The van der Waals surface area contributed by atoms with Crippen LogP contribution >= 0.6 is 0 Å². The van der Waals surface area contributed by atoms with Crippen LogP contribution in [-0.4, -0.2) is 21.1 Å².